The van der Waals surface area contributed by atoms with Gasteiger partial charge in [0.25, 0.3) is 11.8 Å². The third-order valence-corrected chi connectivity index (χ3v) is 6.04. The number of nitrogens with one attached hydrogen (secondary N) is 1. The Balaban J connectivity index is 1.60. The first-order valence-corrected chi connectivity index (χ1v) is 10.6. The Labute approximate surface area is 194 Å². The lowest BCUT2D eigenvalue weighted by Crippen LogP contribution is -2.46. The first-order valence-electron chi connectivity index (χ1n) is 10.6. The van der Waals surface area contributed by atoms with Gasteiger partial charge >= 0.3 is 0 Å². The number of carbonyl (C=O) groups excluding carboxylic acids is 2. The molecule has 1 unspecified atom stereocenters. The molecule has 1 aliphatic rings. The largest absolute Gasteiger partial charge is 0.507 e. The summed E-state index contributed by atoms with van der Waals surface area (Å²) in [6.07, 6.45) is -1.29. The molecule has 4 aromatic rings. The van der Waals surface area contributed by atoms with Crippen LogP contribution in [0.2, 0.25) is 0 Å². The molecule has 0 aliphatic carbocycles. The molecule has 7 nitrogen and oxygen atoms in total. The Morgan fingerprint density at radius 2 is 1.71 bits per heavy atom. The van der Waals surface area contributed by atoms with Gasteiger partial charge in [0.05, 0.1) is 16.9 Å². The number of likely N-dealkylation sites (N-methyl/N-ethyl adjacent to an activating group) is 1. The van der Waals surface area contributed by atoms with E-state index in [-0.39, 0.29) is 22.7 Å². The minimum atomic E-state index is -1.29. The van der Waals surface area contributed by atoms with Crippen LogP contribution in [0.1, 0.15) is 21.6 Å². The normalized spacial score (nSPS) is 15.6. The quantitative estimate of drug-likeness (QED) is 0.494. The Morgan fingerprint density at radius 3 is 2.44 bits per heavy atom. The molecule has 2 heterocycles. The predicted molar refractivity (Wildman–Crippen MR) is 128 cm³/mol. The Morgan fingerprint density at radius 1 is 1.00 bits per heavy atom. The van der Waals surface area contributed by atoms with Crippen LogP contribution in [0.25, 0.3) is 10.9 Å². The van der Waals surface area contributed by atoms with Crippen LogP contribution >= 0.6 is 0 Å². The lowest BCUT2D eigenvalue weighted by atomic mass is 10.00. The van der Waals surface area contributed by atoms with Gasteiger partial charge in [0.1, 0.15) is 17.3 Å². The molecule has 0 fully saturated rings. The predicted octanol–water partition coefficient (Wildman–Crippen LogP) is 3.59. The number of aromatic nitrogens is 1. The van der Waals surface area contributed by atoms with Crippen LogP contribution in [0.15, 0.2) is 77.8 Å². The number of aliphatic imine (C=N–C) groups is 1. The summed E-state index contributed by atoms with van der Waals surface area (Å²) < 4.78 is 16.4. The first kappa shape index (κ1) is 21.4. The van der Waals surface area contributed by atoms with Crippen LogP contribution in [0.5, 0.6) is 5.75 Å². The van der Waals surface area contributed by atoms with Crippen LogP contribution < -0.4 is 10.2 Å². The maximum atomic E-state index is 14.8. The van der Waals surface area contributed by atoms with E-state index in [1.54, 1.807) is 79.3 Å². The molecule has 34 heavy (non-hydrogen) atoms. The standard InChI is InChI=1S/C26H21FN4O3/c1-30-20-12-7-13-22(32)17(20)14-21(30)25(33)29-24-26(34)31(2)19-11-6-4-9-16(19)23(28-24)15-8-3-5-10-18(15)27/h3-14,24,32H,1-2H3,(H,29,33). The summed E-state index contributed by atoms with van der Waals surface area (Å²) in [4.78, 5) is 32.5. The highest BCUT2D eigenvalue weighted by Crippen LogP contribution is 2.29. The van der Waals surface area contributed by atoms with Crippen molar-refractivity contribution in [3.05, 3.63) is 95.4 Å². The zero-order valence-corrected chi connectivity index (χ0v) is 18.5. The number of hydrogen-bond donors (Lipinski definition) is 2. The smallest absolute Gasteiger partial charge is 0.272 e. The number of benzodiazepines with no additional fused rings is 1. The molecule has 2 N–H and O–H groups in total. The number of halogens is 1. The van der Waals surface area contributed by atoms with Gasteiger partial charge < -0.3 is 19.9 Å². The summed E-state index contributed by atoms with van der Waals surface area (Å²) in [5.41, 5.74) is 2.54. The summed E-state index contributed by atoms with van der Waals surface area (Å²) in [6, 6.07) is 19.8. The molecule has 8 heteroatoms. The summed E-state index contributed by atoms with van der Waals surface area (Å²) in [7, 11) is 3.29. The van der Waals surface area contributed by atoms with Gasteiger partial charge in [-0.1, -0.05) is 36.4 Å². The molecule has 2 amide bonds. The molecule has 0 spiro atoms. The average molecular weight is 456 g/mol. The van der Waals surface area contributed by atoms with Crippen molar-refractivity contribution in [3.63, 3.8) is 0 Å². The fraction of sp³-hybridized carbons (Fsp3) is 0.115. The number of hydrogen-bond acceptors (Lipinski definition) is 4. The number of nitrogens with zero attached hydrogens (tertiary/aromatic N) is 3. The second-order valence-electron chi connectivity index (χ2n) is 8.05. The van der Waals surface area contributed by atoms with Crippen molar-refractivity contribution in [2.75, 3.05) is 11.9 Å². The van der Waals surface area contributed by atoms with Gasteiger partial charge in [0, 0.05) is 30.6 Å². The van der Waals surface area contributed by atoms with Crippen molar-refractivity contribution in [2.45, 2.75) is 6.17 Å². The molecule has 1 atom stereocenters. The highest BCUT2D eigenvalue weighted by molar-refractivity contribution is 6.20. The number of anilines is 1. The molecular formula is C26H21FN4O3. The van der Waals surface area contributed by atoms with Gasteiger partial charge in [0.2, 0.25) is 6.17 Å². The van der Waals surface area contributed by atoms with Crippen molar-refractivity contribution in [1.29, 1.82) is 0 Å². The summed E-state index contributed by atoms with van der Waals surface area (Å²) in [5, 5.41) is 13.4. The number of rotatable bonds is 3. The maximum absolute atomic E-state index is 14.8. The Bertz CT molecular complexity index is 1490. The fourth-order valence-electron chi connectivity index (χ4n) is 4.25. The number of fused-ring (bicyclic) bond motifs is 2. The average Bonchev–Trinajstić information content (AvgIpc) is 3.14. The number of aryl methyl sites for hydroxylation is 1. The van der Waals surface area contributed by atoms with E-state index in [9.17, 15) is 19.1 Å². The molecular weight excluding hydrogens is 435 g/mol. The van der Waals surface area contributed by atoms with Crippen LogP contribution in [-0.2, 0) is 11.8 Å². The number of benzene rings is 3. The van der Waals surface area contributed by atoms with Gasteiger partial charge in [-0.05, 0) is 36.4 Å². The fourth-order valence-corrected chi connectivity index (χ4v) is 4.25. The van der Waals surface area contributed by atoms with Gasteiger partial charge in [0.15, 0.2) is 0 Å². The second kappa shape index (κ2) is 8.15. The third kappa shape index (κ3) is 3.40. The molecule has 3 aromatic carbocycles. The van der Waals surface area contributed by atoms with E-state index < -0.39 is 23.8 Å². The van der Waals surface area contributed by atoms with Crippen LogP contribution in [0, 0.1) is 5.82 Å². The van der Waals surface area contributed by atoms with Crippen molar-refractivity contribution < 1.29 is 19.1 Å². The zero-order chi connectivity index (χ0) is 24.0. The highest BCUT2D eigenvalue weighted by Gasteiger charge is 2.32. The molecule has 5 rings (SSSR count). The number of phenolic OH excluding ortho intramolecular Hbond substituents is 1. The maximum Gasteiger partial charge on any atom is 0.272 e. The van der Waals surface area contributed by atoms with Gasteiger partial charge in [-0.15, -0.1) is 0 Å². The van der Waals surface area contributed by atoms with Gasteiger partial charge in [-0.25, -0.2) is 9.38 Å². The van der Waals surface area contributed by atoms with Crippen LogP contribution in [0.3, 0.4) is 0 Å². The number of phenols is 1. The molecule has 170 valence electrons. The van der Waals surface area contributed by atoms with Crippen molar-refractivity contribution in [2.24, 2.45) is 12.0 Å². The van der Waals surface area contributed by atoms with Crippen molar-refractivity contribution in [3.8, 4) is 5.75 Å². The topological polar surface area (TPSA) is 86.9 Å². The lowest BCUT2D eigenvalue weighted by Gasteiger charge is -2.21. The van der Waals surface area contributed by atoms with E-state index >= 15 is 0 Å². The van der Waals surface area contributed by atoms with E-state index in [0.717, 1.165) is 0 Å². The lowest BCUT2D eigenvalue weighted by molar-refractivity contribution is -0.119. The molecule has 1 aliphatic heterocycles. The minimum absolute atomic E-state index is 0.0488. The molecule has 0 bridgehead atoms. The van der Waals surface area contributed by atoms with E-state index in [4.69, 9.17) is 0 Å². The van der Waals surface area contributed by atoms with Crippen molar-refractivity contribution >= 4 is 34.1 Å². The summed E-state index contributed by atoms with van der Waals surface area (Å²) in [6.45, 7) is 0. The zero-order valence-electron chi connectivity index (χ0n) is 18.5. The summed E-state index contributed by atoms with van der Waals surface area (Å²) >= 11 is 0. The second-order valence-corrected chi connectivity index (χ2v) is 8.05. The van der Waals surface area contributed by atoms with Crippen LogP contribution in [0.4, 0.5) is 10.1 Å². The first-order chi connectivity index (χ1) is 16.4. The minimum Gasteiger partial charge on any atom is -0.507 e. The highest BCUT2D eigenvalue weighted by atomic mass is 19.1. The SMILES string of the molecule is CN1C(=O)C(NC(=O)c2cc3c(O)cccc3n2C)N=C(c2ccccc2F)c2ccccc21. The van der Waals surface area contributed by atoms with E-state index in [1.807, 2.05) is 0 Å². The number of amides is 2. The molecule has 0 saturated heterocycles. The number of carbonyl (C=O) groups is 2. The number of para-hydroxylation sites is 1. The molecule has 1 aromatic heterocycles. The van der Waals surface area contributed by atoms with Gasteiger partial charge in [-0.2, -0.15) is 0 Å². The monoisotopic (exact) mass is 456 g/mol. The Kier molecular flexibility index (Phi) is 5.13. The van der Waals surface area contributed by atoms with E-state index in [2.05, 4.69) is 10.3 Å². The molecule has 0 radical (unpaired) electrons. The van der Waals surface area contributed by atoms with Gasteiger partial charge in [-0.3, -0.25) is 9.59 Å². The van der Waals surface area contributed by atoms with E-state index in [0.29, 0.717) is 22.2 Å². The third-order valence-electron chi connectivity index (χ3n) is 6.04. The Hall–Kier alpha value is -4.46. The van der Waals surface area contributed by atoms with Crippen molar-refractivity contribution in [1.82, 2.24) is 9.88 Å². The number of aromatic hydroxyl groups is 1. The van der Waals surface area contributed by atoms with E-state index in [1.165, 1.54) is 17.0 Å². The van der Waals surface area contributed by atoms with Crippen LogP contribution in [-0.4, -0.2) is 40.4 Å². The molecule has 0 saturated carbocycles. The summed E-state index contributed by atoms with van der Waals surface area (Å²) in [5.74, 6) is -1.45.